The van der Waals surface area contributed by atoms with Crippen LogP contribution in [0.3, 0.4) is 0 Å². The second-order valence-corrected chi connectivity index (χ2v) is 6.60. The van der Waals surface area contributed by atoms with Crippen LogP contribution in [0.1, 0.15) is 15.4 Å². The number of anilines is 1. The monoisotopic (exact) mass is 326 g/mol. The molecule has 0 aliphatic carbocycles. The molecule has 0 aliphatic rings. The Labute approximate surface area is 134 Å². The van der Waals surface area contributed by atoms with Crippen LogP contribution in [-0.2, 0) is 0 Å². The highest BCUT2D eigenvalue weighted by Crippen LogP contribution is 2.25. The molecule has 0 atom stereocenters. The predicted octanol–water partition coefficient (Wildman–Crippen LogP) is 3.86. The summed E-state index contributed by atoms with van der Waals surface area (Å²) < 4.78 is 9.35. The van der Waals surface area contributed by atoms with Gasteiger partial charge in [-0.05, 0) is 43.3 Å². The summed E-state index contributed by atoms with van der Waals surface area (Å²) in [5.41, 5.74) is 3.84. The van der Waals surface area contributed by atoms with Gasteiger partial charge < -0.3 is 5.32 Å². The summed E-state index contributed by atoms with van der Waals surface area (Å²) >= 11 is 2.76. The van der Waals surface area contributed by atoms with Crippen LogP contribution >= 0.6 is 23.1 Å². The van der Waals surface area contributed by atoms with Gasteiger partial charge in [-0.15, -0.1) is 11.3 Å². The fraction of sp³-hybridized carbons (Fsp3) is 0.0667. The van der Waals surface area contributed by atoms with Gasteiger partial charge in [-0.3, -0.25) is 4.79 Å². The molecule has 0 unspecified atom stereocenters. The van der Waals surface area contributed by atoms with Gasteiger partial charge in [-0.2, -0.15) is 8.75 Å². The van der Waals surface area contributed by atoms with Gasteiger partial charge in [0.05, 0.1) is 27.0 Å². The van der Waals surface area contributed by atoms with E-state index in [0.717, 1.165) is 43.7 Å². The van der Waals surface area contributed by atoms with Crippen molar-refractivity contribution in [2.24, 2.45) is 0 Å². The van der Waals surface area contributed by atoms with Crippen LogP contribution in [0.4, 0.5) is 5.69 Å². The molecule has 22 heavy (non-hydrogen) atoms. The van der Waals surface area contributed by atoms with Crippen molar-refractivity contribution in [3.05, 3.63) is 47.0 Å². The Hall–Kier alpha value is -2.38. The first-order valence-electron chi connectivity index (χ1n) is 6.60. The topological polar surface area (TPSA) is 67.8 Å². The molecule has 0 aliphatic heterocycles. The number of fused-ring (bicyclic) bond motifs is 2. The third-order valence-electron chi connectivity index (χ3n) is 3.27. The normalized spacial score (nSPS) is 11.1. The lowest BCUT2D eigenvalue weighted by atomic mass is 10.2. The zero-order valence-corrected chi connectivity index (χ0v) is 13.2. The van der Waals surface area contributed by atoms with E-state index >= 15 is 0 Å². The molecule has 4 aromatic rings. The van der Waals surface area contributed by atoms with Crippen LogP contribution in [0.2, 0.25) is 0 Å². The summed E-state index contributed by atoms with van der Waals surface area (Å²) in [5, 5.41) is 3.93. The van der Waals surface area contributed by atoms with E-state index in [1.807, 2.05) is 31.2 Å². The minimum absolute atomic E-state index is 0.157. The fourth-order valence-corrected chi connectivity index (χ4v) is 3.63. The molecule has 0 fully saturated rings. The van der Waals surface area contributed by atoms with Crippen LogP contribution in [0.15, 0.2) is 36.4 Å². The Morgan fingerprint density at radius 1 is 1.05 bits per heavy atom. The summed E-state index contributed by atoms with van der Waals surface area (Å²) in [6.07, 6.45) is 0. The van der Waals surface area contributed by atoms with Crippen molar-refractivity contribution >= 4 is 55.9 Å². The first-order valence-corrected chi connectivity index (χ1v) is 8.14. The van der Waals surface area contributed by atoms with Crippen molar-refractivity contribution in [1.82, 2.24) is 13.7 Å². The molecule has 5 nitrogen and oxygen atoms in total. The minimum atomic E-state index is -0.157. The molecule has 0 saturated heterocycles. The Bertz CT molecular complexity index is 1010. The van der Waals surface area contributed by atoms with E-state index < -0.39 is 0 Å². The van der Waals surface area contributed by atoms with Crippen LogP contribution in [0.5, 0.6) is 0 Å². The van der Waals surface area contributed by atoms with Crippen LogP contribution in [0.25, 0.3) is 21.3 Å². The third-order valence-corrected chi connectivity index (χ3v) is 4.76. The molecular weight excluding hydrogens is 316 g/mol. The quantitative estimate of drug-likeness (QED) is 0.607. The number of nitrogens with one attached hydrogen (secondary N) is 1. The number of benzene rings is 2. The molecule has 0 saturated carbocycles. The molecule has 1 N–H and O–H groups in total. The average molecular weight is 326 g/mol. The standard InChI is InChI=1S/C15H10N4OS2/c1-8-16-12-5-3-10(7-14(12)21-8)17-15(20)9-2-4-11-13(6-9)19-22-18-11/h2-7H,1H3,(H,17,20). The van der Waals surface area contributed by atoms with Crippen LogP contribution in [0, 0.1) is 6.92 Å². The summed E-state index contributed by atoms with van der Waals surface area (Å²) in [6.45, 7) is 1.97. The number of amides is 1. The number of hydrogen-bond acceptors (Lipinski definition) is 6. The zero-order chi connectivity index (χ0) is 15.1. The number of rotatable bonds is 2. The Morgan fingerprint density at radius 3 is 2.77 bits per heavy atom. The van der Waals surface area contributed by atoms with E-state index in [1.165, 1.54) is 0 Å². The van der Waals surface area contributed by atoms with Crippen molar-refractivity contribution < 1.29 is 4.79 Å². The lowest BCUT2D eigenvalue weighted by Crippen LogP contribution is -2.11. The maximum Gasteiger partial charge on any atom is 0.255 e. The van der Waals surface area contributed by atoms with E-state index in [0.29, 0.717) is 5.56 Å². The van der Waals surface area contributed by atoms with Crippen LogP contribution in [-0.4, -0.2) is 19.6 Å². The van der Waals surface area contributed by atoms with Gasteiger partial charge in [0.2, 0.25) is 0 Å². The van der Waals surface area contributed by atoms with Crippen LogP contribution < -0.4 is 5.32 Å². The van der Waals surface area contributed by atoms with Gasteiger partial charge in [-0.1, -0.05) is 0 Å². The number of thiazole rings is 1. The van der Waals surface area contributed by atoms with Crippen molar-refractivity contribution in [2.75, 3.05) is 5.32 Å². The Kier molecular flexibility index (Phi) is 3.09. The zero-order valence-electron chi connectivity index (χ0n) is 11.5. The SMILES string of the molecule is Cc1nc2ccc(NC(=O)c3ccc4nsnc4c3)cc2s1. The van der Waals surface area contributed by atoms with Gasteiger partial charge in [0.1, 0.15) is 11.0 Å². The van der Waals surface area contributed by atoms with Gasteiger partial charge in [0, 0.05) is 11.3 Å². The van der Waals surface area contributed by atoms with Crippen molar-refractivity contribution in [3.63, 3.8) is 0 Å². The minimum Gasteiger partial charge on any atom is -0.322 e. The van der Waals surface area contributed by atoms with Crippen molar-refractivity contribution in [1.29, 1.82) is 0 Å². The Balaban J connectivity index is 1.64. The third kappa shape index (κ3) is 2.34. The van der Waals surface area contributed by atoms with E-state index in [4.69, 9.17) is 0 Å². The first kappa shape index (κ1) is 13.3. The van der Waals surface area contributed by atoms with E-state index in [-0.39, 0.29) is 5.91 Å². The van der Waals surface area contributed by atoms with Gasteiger partial charge >= 0.3 is 0 Å². The smallest absolute Gasteiger partial charge is 0.255 e. The van der Waals surface area contributed by atoms with E-state index in [2.05, 4.69) is 19.0 Å². The fourth-order valence-electron chi connectivity index (χ4n) is 2.24. The molecule has 2 aromatic carbocycles. The largest absolute Gasteiger partial charge is 0.322 e. The predicted molar refractivity (Wildman–Crippen MR) is 89.7 cm³/mol. The number of nitrogens with zero attached hydrogens (tertiary/aromatic N) is 3. The average Bonchev–Trinajstić information content (AvgIpc) is 3.10. The molecule has 108 valence electrons. The molecule has 2 aromatic heterocycles. The highest BCUT2D eigenvalue weighted by atomic mass is 32.1. The van der Waals surface area contributed by atoms with Crippen molar-refractivity contribution in [2.45, 2.75) is 6.92 Å². The molecule has 1 amide bonds. The highest BCUT2D eigenvalue weighted by molar-refractivity contribution is 7.18. The maximum atomic E-state index is 12.4. The van der Waals surface area contributed by atoms with Gasteiger partial charge in [0.15, 0.2) is 0 Å². The lowest BCUT2D eigenvalue weighted by molar-refractivity contribution is 0.102. The summed E-state index contributed by atoms with van der Waals surface area (Å²) in [4.78, 5) is 16.8. The molecular formula is C15H10N4OS2. The highest BCUT2D eigenvalue weighted by Gasteiger charge is 2.09. The second kappa shape index (κ2) is 5.11. The molecule has 0 spiro atoms. The molecule has 7 heteroatoms. The van der Waals surface area contributed by atoms with E-state index in [9.17, 15) is 4.79 Å². The second-order valence-electron chi connectivity index (χ2n) is 4.84. The lowest BCUT2D eigenvalue weighted by Gasteiger charge is -2.05. The summed E-state index contributed by atoms with van der Waals surface area (Å²) in [5.74, 6) is -0.157. The number of hydrogen-bond donors (Lipinski definition) is 1. The molecule has 0 bridgehead atoms. The number of carbonyl (C=O) groups excluding carboxylic acids is 1. The van der Waals surface area contributed by atoms with E-state index in [1.54, 1.807) is 23.5 Å². The maximum absolute atomic E-state index is 12.4. The number of aryl methyl sites for hydroxylation is 1. The van der Waals surface area contributed by atoms with Gasteiger partial charge in [0.25, 0.3) is 5.91 Å². The molecule has 4 rings (SSSR count). The summed E-state index contributed by atoms with van der Waals surface area (Å²) in [7, 11) is 0. The first-order chi connectivity index (χ1) is 10.7. The number of carbonyl (C=O) groups is 1. The molecule has 0 radical (unpaired) electrons. The summed E-state index contributed by atoms with van der Waals surface area (Å²) in [6, 6.07) is 11.0. The van der Waals surface area contributed by atoms with Gasteiger partial charge in [-0.25, -0.2) is 4.98 Å². The van der Waals surface area contributed by atoms with Crippen molar-refractivity contribution in [3.8, 4) is 0 Å². The number of aromatic nitrogens is 3. The Morgan fingerprint density at radius 2 is 1.86 bits per heavy atom. The molecule has 2 heterocycles.